The second kappa shape index (κ2) is 5.78. The number of pyridine rings is 1. The molecule has 3 heteroatoms. The molecule has 3 nitrogen and oxygen atoms in total. The number of rotatable bonds is 2. The van der Waals surface area contributed by atoms with Gasteiger partial charge in [-0.1, -0.05) is 60.7 Å². The molecule has 116 valence electrons. The molecule has 0 radical (unpaired) electrons. The first-order valence-corrected chi connectivity index (χ1v) is 7.88. The smallest absolute Gasteiger partial charge is 0.221 e. The molecule has 0 bridgehead atoms. The van der Waals surface area contributed by atoms with E-state index in [9.17, 15) is 4.79 Å². The summed E-state index contributed by atoms with van der Waals surface area (Å²) >= 11 is 0. The van der Waals surface area contributed by atoms with Crippen LogP contribution in [-0.2, 0) is 4.79 Å². The molecule has 0 saturated carbocycles. The fourth-order valence-electron chi connectivity index (χ4n) is 3.11. The number of amides is 1. The Morgan fingerprint density at radius 2 is 1.54 bits per heavy atom. The van der Waals surface area contributed by atoms with Crippen LogP contribution in [0.15, 0.2) is 72.8 Å². The fraction of sp³-hybridized carbons (Fsp3) is 0.0476. The van der Waals surface area contributed by atoms with Gasteiger partial charge in [-0.3, -0.25) is 4.79 Å². The summed E-state index contributed by atoms with van der Waals surface area (Å²) in [6.07, 6.45) is 0. The van der Waals surface area contributed by atoms with Crippen molar-refractivity contribution in [3.63, 3.8) is 0 Å². The monoisotopic (exact) mass is 312 g/mol. The number of para-hydroxylation sites is 1. The van der Waals surface area contributed by atoms with Gasteiger partial charge in [0.25, 0.3) is 0 Å². The first kappa shape index (κ1) is 14.4. The van der Waals surface area contributed by atoms with Gasteiger partial charge in [0, 0.05) is 17.7 Å². The number of nitrogens with one attached hydrogen (secondary N) is 1. The molecule has 1 N–H and O–H groups in total. The standard InChI is InChI=1S/C21H16N2O/c1-14(24)22-21-17-10-5-6-12-18(17)23-19-13-7-11-16(20(19)21)15-8-3-2-4-9-15/h2-13H,1H3,(H,22,23,24). The molecule has 1 amide bonds. The lowest BCUT2D eigenvalue weighted by molar-refractivity contribution is -0.114. The second-order valence-corrected chi connectivity index (χ2v) is 5.75. The molecule has 0 fully saturated rings. The average Bonchev–Trinajstić information content (AvgIpc) is 2.61. The third kappa shape index (κ3) is 2.40. The van der Waals surface area contributed by atoms with E-state index in [-0.39, 0.29) is 5.91 Å². The Hall–Kier alpha value is -3.20. The molecule has 0 spiro atoms. The van der Waals surface area contributed by atoms with E-state index in [2.05, 4.69) is 23.5 Å². The maximum Gasteiger partial charge on any atom is 0.221 e. The number of nitrogens with zero attached hydrogens (tertiary/aromatic N) is 1. The molecule has 4 rings (SSSR count). The van der Waals surface area contributed by atoms with Crippen molar-refractivity contribution in [1.82, 2.24) is 4.98 Å². The van der Waals surface area contributed by atoms with Gasteiger partial charge < -0.3 is 5.32 Å². The van der Waals surface area contributed by atoms with E-state index >= 15 is 0 Å². The summed E-state index contributed by atoms with van der Waals surface area (Å²) in [6, 6.07) is 24.1. The predicted molar refractivity (Wildman–Crippen MR) is 99.0 cm³/mol. The fourth-order valence-corrected chi connectivity index (χ4v) is 3.11. The van der Waals surface area contributed by atoms with E-state index in [1.54, 1.807) is 0 Å². The van der Waals surface area contributed by atoms with Crippen LogP contribution in [-0.4, -0.2) is 10.9 Å². The third-order valence-corrected chi connectivity index (χ3v) is 4.09. The van der Waals surface area contributed by atoms with Gasteiger partial charge in [0.2, 0.25) is 5.91 Å². The SMILES string of the molecule is CC(=O)Nc1c2ccccc2nc2cccc(-c3ccccc3)c12. The molecule has 1 aromatic heterocycles. The van der Waals surface area contributed by atoms with Crippen molar-refractivity contribution < 1.29 is 4.79 Å². The number of carbonyl (C=O) groups excluding carboxylic acids is 1. The lowest BCUT2D eigenvalue weighted by Gasteiger charge is -2.14. The number of carbonyl (C=O) groups is 1. The maximum atomic E-state index is 11.8. The van der Waals surface area contributed by atoms with Gasteiger partial charge >= 0.3 is 0 Å². The lowest BCUT2D eigenvalue weighted by atomic mass is 9.97. The highest BCUT2D eigenvalue weighted by Crippen LogP contribution is 2.37. The number of hydrogen-bond acceptors (Lipinski definition) is 2. The molecular weight excluding hydrogens is 296 g/mol. The molecule has 3 aromatic carbocycles. The van der Waals surface area contributed by atoms with Crippen LogP contribution >= 0.6 is 0 Å². The minimum Gasteiger partial charge on any atom is -0.325 e. The van der Waals surface area contributed by atoms with Crippen LogP contribution in [0.1, 0.15) is 6.92 Å². The molecule has 1 heterocycles. The van der Waals surface area contributed by atoms with Crippen LogP contribution in [0.5, 0.6) is 0 Å². The summed E-state index contributed by atoms with van der Waals surface area (Å²) < 4.78 is 0. The van der Waals surface area contributed by atoms with Crippen molar-refractivity contribution in [3.05, 3.63) is 72.8 Å². The highest BCUT2D eigenvalue weighted by Gasteiger charge is 2.14. The summed E-state index contributed by atoms with van der Waals surface area (Å²) in [5.41, 5.74) is 4.74. The van der Waals surface area contributed by atoms with Gasteiger partial charge in [-0.15, -0.1) is 0 Å². The van der Waals surface area contributed by atoms with E-state index in [0.717, 1.165) is 38.6 Å². The number of benzene rings is 3. The summed E-state index contributed by atoms with van der Waals surface area (Å²) in [7, 11) is 0. The van der Waals surface area contributed by atoms with Crippen molar-refractivity contribution in [2.75, 3.05) is 5.32 Å². The number of aromatic nitrogens is 1. The van der Waals surface area contributed by atoms with E-state index in [0.29, 0.717) is 0 Å². The summed E-state index contributed by atoms with van der Waals surface area (Å²) in [4.78, 5) is 16.6. The predicted octanol–water partition coefficient (Wildman–Crippen LogP) is 5.01. The Morgan fingerprint density at radius 3 is 2.33 bits per heavy atom. The van der Waals surface area contributed by atoms with Crippen molar-refractivity contribution in [2.24, 2.45) is 0 Å². The summed E-state index contributed by atoms with van der Waals surface area (Å²) in [6.45, 7) is 1.53. The van der Waals surface area contributed by atoms with Crippen molar-refractivity contribution in [3.8, 4) is 11.1 Å². The van der Waals surface area contributed by atoms with Crippen LogP contribution in [0, 0.1) is 0 Å². The van der Waals surface area contributed by atoms with E-state index in [4.69, 9.17) is 4.98 Å². The van der Waals surface area contributed by atoms with Gasteiger partial charge in [0.1, 0.15) is 0 Å². The first-order chi connectivity index (χ1) is 11.7. The molecule has 0 atom stereocenters. The van der Waals surface area contributed by atoms with E-state index in [1.165, 1.54) is 6.92 Å². The van der Waals surface area contributed by atoms with Crippen LogP contribution in [0.4, 0.5) is 5.69 Å². The Labute approximate surface area is 140 Å². The third-order valence-electron chi connectivity index (χ3n) is 4.09. The summed E-state index contributed by atoms with van der Waals surface area (Å²) in [5.74, 6) is -0.0875. The Balaban J connectivity index is 2.16. The van der Waals surface area contributed by atoms with Gasteiger partial charge in [-0.25, -0.2) is 4.98 Å². The molecule has 0 aliphatic rings. The van der Waals surface area contributed by atoms with Crippen LogP contribution < -0.4 is 5.32 Å². The molecule has 0 aliphatic carbocycles. The zero-order valence-electron chi connectivity index (χ0n) is 13.3. The average molecular weight is 312 g/mol. The quantitative estimate of drug-likeness (QED) is 0.528. The van der Waals surface area contributed by atoms with E-state index in [1.807, 2.05) is 54.6 Å². The normalized spacial score (nSPS) is 10.9. The minimum absolute atomic E-state index is 0.0875. The van der Waals surface area contributed by atoms with Crippen LogP contribution in [0.25, 0.3) is 32.9 Å². The molecule has 24 heavy (non-hydrogen) atoms. The molecule has 0 unspecified atom stereocenters. The molecule has 0 aliphatic heterocycles. The van der Waals surface area contributed by atoms with Crippen LogP contribution in [0.2, 0.25) is 0 Å². The highest BCUT2D eigenvalue weighted by molar-refractivity contribution is 6.16. The largest absolute Gasteiger partial charge is 0.325 e. The van der Waals surface area contributed by atoms with Crippen molar-refractivity contribution in [2.45, 2.75) is 6.92 Å². The summed E-state index contributed by atoms with van der Waals surface area (Å²) in [5, 5.41) is 4.94. The topological polar surface area (TPSA) is 42.0 Å². The van der Waals surface area contributed by atoms with Gasteiger partial charge in [-0.05, 0) is 23.3 Å². The zero-order chi connectivity index (χ0) is 16.5. The Kier molecular flexibility index (Phi) is 3.47. The maximum absolute atomic E-state index is 11.8. The van der Waals surface area contributed by atoms with Gasteiger partial charge in [0.05, 0.1) is 16.7 Å². The minimum atomic E-state index is -0.0875. The second-order valence-electron chi connectivity index (χ2n) is 5.75. The number of fused-ring (bicyclic) bond motifs is 2. The first-order valence-electron chi connectivity index (χ1n) is 7.88. The number of anilines is 1. The Bertz CT molecular complexity index is 1060. The van der Waals surface area contributed by atoms with E-state index < -0.39 is 0 Å². The highest BCUT2D eigenvalue weighted by atomic mass is 16.1. The number of hydrogen-bond donors (Lipinski definition) is 1. The lowest BCUT2D eigenvalue weighted by Crippen LogP contribution is -2.07. The van der Waals surface area contributed by atoms with Gasteiger partial charge in [0.15, 0.2) is 0 Å². The molecule has 4 aromatic rings. The van der Waals surface area contributed by atoms with Crippen LogP contribution in [0.3, 0.4) is 0 Å². The van der Waals surface area contributed by atoms with Crippen molar-refractivity contribution in [1.29, 1.82) is 0 Å². The van der Waals surface area contributed by atoms with Gasteiger partial charge in [-0.2, -0.15) is 0 Å². The van der Waals surface area contributed by atoms with Crippen molar-refractivity contribution >= 4 is 33.4 Å². The Morgan fingerprint density at radius 1 is 0.833 bits per heavy atom. The zero-order valence-corrected chi connectivity index (χ0v) is 13.3. The molecule has 0 saturated heterocycles. The molecular formula is C21H16N2O.